The normalized spacial score (nSPS) is 11.1. The number of fused-ring (bicyclic) bond motifs is 1. The molecule has 0 aliphatic carbocycles. The number of methoxy groups -OCH3 is 1. The first kappa shape index (κ1) is 21.1. The maximum absolute atomic E-state index is 13.0. The lowest BCUT2D eigenvalue weighted by molar-refractivity contribution is -0.120. The highest BCUT2D eigenvalue weighted by Gasteiger charge is 2.21. The summed E-state index contributed by atoms with van der Waals surface area (Å²) >= 11 is 1.55. The molecule has 3 rings (SSSR count). The van der Waals surface area contributed by atoms with Crippen LogP contribution in [0.1, 0.15) is 11.1 Å². The van der Waals surface area contributed by atoms with Crippen molar-refractivity contribution in [2.24, 2.45) is 0 Å². The van der Waals surface area contributed by atoms with Crippen LogP contribution in [0.2, 0.25) is 0 Å². The average molecular weight is 414 g/mol. The fraction of sp³-hybridized carbons (Fsp3) is 0.364. The highest BCUT2D eigenvalue weighted by molar-refractivity contribution is 7.22. The number of hydrogen-bond donors (Lipinski definition) is 0. The van der Waals surface area contributed by atoms with Crippen LogP contribution < -0.4 is 14.4 Å². The molecule has 0 atom stereocenters. The number of amides is 1. The van der Waals surface area contributed by atoms with Crippen molar-refractivity contribution in [1.29, 1.82) is 0 Å². The summed E-state index contributed by atoms with van der Waals surface area (Å²) in [5, 5.41) is 0.707. The molecule has 6 nitrogen and oxygen atoms in total. The monoisotopic (exact) mass is 413 g/mol. The highest BCUT2D eigenvalue weighted by Crippen LogP contribution is 2.32. The first-order chi connectivity index (χ1) is 13.9. The number of aryl methyl sites for hydroxylation is 2. The smallest absolute Gasteiger partial charge is 0.266 e. The number of thiazole rings is 1. The summed E-state index contributed by atoms with van der Waals surface area (Å²) in [4.78, 5) is 21.5. The fourth-order valence-corrected chi connectivity index (χ4v) is 4.06. The van der Waals surface area contributed by atoms with Gasteiger partial charge in [0.2, 0.25) is 0 Å². The molecule has 3 aromatic rings. The number of benzene rings is 2. The summed E-state index contributed by atoms with van der Waals surface area (Å²) in [6, 6.07) is 11.4. The number of anilines is 1. The van der Waals surface area contributed by atoms with Crippen molar-refractivity contribution in [3.63, 3.8) is 0 Å². The topological polar surface area (TPSA) is 54.9 Å². The minimum absolute atomic E-state index is 0.0479. The zero-order valence-electron chi connectivity index (χ0n) is 17.6. The van der Waals surface area contributed by atoms with Gasteiger partial charge in [0.15, 0.2) is 11.7 Å². The Morgan fingerprint density at radius 2 is 1.76 bits per heavy atom. The van der Waals surface area contributed by atoms with E-state index in [2.05, 4.69) is 26.0 Å². The van der Waals surface area contributed by atoms with Crippen LogP contribution in [-0.2, 0) is 4.79 Å². The zero-order chi connectivity index (χ0) is 21.0. The van der Waals surface area contributed by atoms with E-state index in [0.717, 1.165) is 22.5 Å². The molecule has 0 unspecified atom stereocenters. The average Bonchev–Trinajstić information content (AvgIpc) is 3.10. The molecule has 29 heavy (non-hydrogen) atoms. The van der Waals surface area contributed by atoms with E-state index in [1.54, 1.807) is 35.5 Å². The quantitative estimate of drug-likeness (QED) is 0.561. The summed E-state index contributed by atoms with van der Waals surface area (Å²) in [6.07, 6.45) is 0. The number of rotatable bonds is 8. The van der Waals surface area contributed by atoms with Crippen LogP contribution in [0.15, 0.2) is 36.4 Å². The third kappa shape index (κ3) is 5.25. The lowest BCUT2D eigenvalue weighted by Crippen LogP contribution is -2.39. The molecule has 0 radical (unpaired) electrons. The van der Waals surface area contributed by atoms with Crippen LogP contribution in [0, 0.1) is 13.8 Å². The van der Waals surface area contributed by atoms with Crippen LogP contribution in [0.4, 0.5) is 5.13 Å². The Morgan fingerprint density at radius 3 is 2.41 bits per heavy atom. The van der Waals surface area contributed by atoms with E-state index in [4.69, 9.17) is 14.5 Å². The number of carbonyl (C=O) groups excluding carboxylic acids is 1. The summed E-state index contributed by atoms with van der Waals surface area (Å²) < 4.78 is 12.0. The van der Waals surface area contributed by atoms with E-state index in [9.17, 15) is 4.79 Å². The molecule has 0 saturated carbocycles. The second kappa shape index (κ2) is 9.24. The van der Waals surface area contributed by atoms with Gasteiger partial charge in [-0.05, 0) is 69.4 Å². The van der Waals surface area contributed by atoms with Gasteiger partial charge in [-0.25, -0.2) is 4.98 Å². The molecule has 0 N–H and O–H groups in total. The molecule has 1 aromatic heterocycles. The van der Waals surface area contributed by atoms with Gasteiger partial charge in [-0.3, -0.25) is 9.69 Å². The molecule has 0 fully saturated rings. The Hall–Kier alpha value is -2.64. The van der Waals surface area contributed by atoms with Crippen molar-refractivity contribution >= 4 is 32.6 Å². The standard InChI is InChI=1S/C22H27N3O3S/c1-15-12-16(2)21-19(13-15)23-22(29-21)25(11-10-24(3)4)20(26)14-28-18-8-6-17(27-5)7-9-18/h6-9,12-13H,10-11,14H2,1-5H3. The largest absolute Gasteiger partial charge is 0.497 e. The first-order valence-electron chi connectivity index (χ1n) is 9.47. The van der Waals surface area contributed by atoms with Crippen molar-refractivity contribution in [2.45, 2.75) is 13.8 Å². The van der Waals surface area contributed by atoms with E-state index < -0.39 is 0 Å². The molecule has 0 saturated heterocycles. The zero-order valence-corrected chi connectivity index (χ0v) is 18.4. The Morgan fingerprint density at radius 1 is 1.07 bits per heavy atom. The van der Waals surface area contributed by atoms with Gasteiger partial charge in [-0.2, -0.15) is 0 Å². The summed E-state index contributed by atoms with van der Waals surface area (Å²) in [6.45, 7) is 5.38. The Bertz CT molecular complexity index is 983. The Kier molecular flexibility index (Phi) is 6.71. The maximum atomic E-state index is 13.0. The lowest BCUT2D eigenvalue weighted by Gasteiger charge is -2.22. The van der Waals surface area contributed by atoms with Crippen LogP contribution in [-0.4, -0.2) is 56.7 Å². The van der Waals surface area contributed by atoms with Gasteiger partial charge in [-0.15, -0.1) is 0 Å². The van der Waals surface area contributed by atoms with Crippen molar-refractivity contribution in [2.75, 3.05) is 45.8 Å². The van der Waals surface area contributed by atoms with E-state index in [-0.39, 0.29) is 12.5 Å². The van der Waals surface area contributed by atoms with Gasteiger partial charge in [0.25, 0.3) is 5.91 Å². The SMILES string of the molecule is COc1ccc(OCC(=O)N(CCN(C)C)c2nc3cc(C)cc(C)c3s2)cc1. The third-order valence-electron chi connectivity index (χ3n) is 4.53. The summed E-state index contributed by atoms with van der Waals surface area (Å²) in [5.74, 6) is 1.26. The molecular weight excluding hydrogens is 386 g/mol. The Labute approximate surface area is 175 Å². The van der Waals surface area contributed by atoms with Crippen LogP contribution in [0.25, 0.3) is 10.2 Å². The number of ether oxygens (including phenoxy) is 2. The van der Waals surface area contributed by atoms with Gasteiger partial charge in [-0.1, -0.05) is 17.4 Å². The molecule has 7 heteroatoms. The minimum Gasteiger partial charge on any atom is -0.497 e. The number of carbonyl (C=O) groups is 1. The minimum atomic E-state index is -0.115. The molecule has 1 amide bonds. The lowest BCUT2D eigenvalue weighted by atomic mass is 10.1. The molecule has 1 heterocycles. The molecular formula is C22H27N3O3S. The predicted octanol–water partition coefficient (Wildman–Crippen LogP) is 3.90. The Balaban J connectivity index is 1.80. The number of hydrogen-bond acceptors (Lipinski definition) is 6. The van der Waals surface area contributed by atoms with Gasteiger partial charge in [0.1, 0.15) is 11.5 Å². The molecule has 154 valence electrons. The first-order valence-corrected chi connectivity index (χ1v) is 10.3. The highest BCUT2D eigenvalue weighted by atomic mass is 32.1. The second-order valence-corrected chi connectivity index (χ2v) is 8.22. The van der Waals surface area contributed by atoms with Gasteiger partial charge in [0.05, 0.1) is 17.3 Å². The summed E-state index contributed by atoms with van der Waals surface area (Å²) in [7, 11) is 5.59. The second-order valence-electron chi connectivity index (χ2n) is 7.24. The molecule has 0 aliphatic rings. The van der Waals surface area contributed by atoms with Crippen molar-refractivity contribution < 1.29 is 14.3 Å². The number of aromatic nitrogens is 1. The van der Waals surface area contributed by atoms with E-state index in [1.807, 2.05) is 31.1 Å². The van der Waals surface area contributed by atoms with Crippen LogP contribution >= 0.6 is 11.3 Å². The predicted molar refractivity (Wildman–Crippen MR) is 118 cm³/mol. The molecule has 2 aromatic carbocycles. The van der Waals surface area contributed by atoms with Gasteiger partial charge in [0, 0.05) is 13.1 Å². The van der Waals surface area contributed by atoms with E-state index >= 15 is 0 Å². The molecule has 0 bridgehead atoms. The van der Waals surface area contributed by atoms with Crippen LogP contribution in [0.5, 0.6) is 11.5 Å². The maximum Gasteiger partial charge on any atom is 0.266 e. The van der Waals surface area contributed by atoms with E-state index in [1.165, 1.54) is 11.1 Å². The van der Waals surface area contributed by atoms with Gasteiger partial charge >= 0.3 is 0 Å². The van der Waals surface area contributed by atoms with Crippen molar-refractivity contribution in [1.82, 2.24) is 9.88 Å². The fourth-order valence-electron chi connectivity index (χ4n) is 3.00. The van der Waals surface area contributed by atoms with Crippen molar-refractivity contribution in [3.8, 4) is 11.5 Å². The van der Waals surface area contributed by atoms with Gasteiger partial charge < -0.3 is 14.4 Å². The summed E-state index contributed by atoms with van der Waals surface area (Å²) in [5.41, 5.74) is 3.28. The van der Waals surface area contributed by atoms with Crippen LogP contribution in [0.3, 0.4) is 0 Å². The van der Waals surface area contributed by atoms with Crippen molar-refractivity contribution in [3.05, 3.63) is 47.5 Å². The van der Waals surface area contributed by atoms with E-state index in [0.29, 0.717) is 17.4 Å². The number of likely N-dealkylation sites (N-methyl/N-ethyl adjacent to an activating group) is 1. The third-order valence-corrected chi connectivity index (χ3v) is 5.76. The molecule has 0 spiro atoms. The molecule has 0 aliphatic heterocycles. The number of nitrogens with zero attached hydrogens (tertiary/aromatic N) is 3.